The molecule has 0 amide bonds. The summed E-state index contributed by atoms with van der Waals surface area (Å²) < 4.78 is 20.1. The second kappa shape index (κ2) is 4.83. The number of ether oxygens (including phenoxy) is 1. The maximum atomic E-state index is 13.4. The van der Waals surface area contributed by atoms with E-state index in [0.717, 1.165) is 6.42 Å². The monoisotopic (exact) mass is 330 g/mol. The average molecular weight is 331 g/mol. The fraction of sp³-hybridized carbons (Fsp3) is 0.600. The summed E-state index contributed by atoms with van der Waals surface area (Å²) >= 11 is 3.26. The van der Waals surface area contributed by atoms with Gasteiger partial charge >= 0.3 is 0 Å². The van der Waals surface area contributed by atoms with E-state index in [4.69, 9.17) is 4.74 Å². The number of aliphatic hydroxyl groups excluding tert-OH is 1. The Morgan fingerprint density at radius 1 is 1.32 bits per heavy atom. The van der Waals surface area contributed by atoms with Gasteiger partial charge in [-0.3, -0.25) is 0 Å². The van der Waals surface area contributed by atoms with E-state index in [0.29, 0.717) is 10.0 Å². The molecule has 0 radical (unpaired) electrons. The molecule has 1 aromatic rings. The highest BCUT2D eigenvalue weighted by atomic mass is 79.9. The van der Waals surface area contributed by atoms with Crippen molar-refractivity contribution in [3.8, 4) is 0 Å². The third-order valence-corrected chi connectivity index (χ3v) is 4.21. The first kappa shape index (κ1) is 14.9. The Hall–Kier alpha value is -0.450. The lowest BCUT2D eigenvalue weighted by atomic mass is 9.80. The van der Waals surface area contributed by atoms with Gasteiger partial charge in [-0.15, -0.1) is 0 Å². The van der Waals surface area contributed by atoms with Crippen LogP contribution in [0.5, 0.6) is 0 Å². The molecule has 1 aliphatic rings. The third-order valence-electron chi connectivity index (χ3n) is 3.75. The van der Waals surface area contributed by atoms with Gasteiger partial charge in [-0.2, -0.15) is 0 Å². The normalized spacial score (nSPS) is 26.4. The molecule has 0 bridgehead atoms. The predicted molar refractivity (Wildman–Crippen MR) is 76.4 cm³/mol. The zero-order chi connectivity index (χ0) is 14.4. The minimum atomic E-state index is -0.733. The summed E-state index contributed by atoms with van der Waals surface area (Å²) in [6, 6.07) is 4.53. The predicted octanol–water partition coefficient (Wildman–Crippen LogP) is 4.22. The summed E-state index contributed by atoms with van der Waals surface area (Å²) in [6.07, 6.45) is 0.0127. The van der Waals surface area contributed by atoms with Crippen molar-refractivity contribution in [2.75, 3.05) is 0 Å². The Kier molecular flexibility index (Phi) is 3.80. The van der Waals surface area contributed by atoms with Crippen molar-refractivity contribution in [1.29, 1.82) is 0 Å². The van der Waals surface area contributed by atoms with Gasteiger partial charge in [0.05, 0.1) is 17.3 Å². The molecule has 19 heavy (non-hydrogen) atoms. The van der Waals surface area contributed by atoms with E-state index in [1.54, 1.807) is 6.07 Å². The van der Waals surface area contributed by atoms with E-state index in [2.05, 4.69) is 15.9 Å². The molecule has 1 heterocycles. The third kappa shape index (κ3) is 3.18. The summed E-state index contributed by atoms with van der Waals surface area (Å²) in [4.78, 5) is 0. The van der Waals surface area contributed by atoms with Crippen LogP contribution < -0.4 is 0 Å². The molecule has 2 rings (SSSR count). The minimum absolute atomic E-state index is 0.0591. The topological polar surface area (TPSA) is 29.5 Å². The molecule has 1 fully saturated rings. The molecule has 2 atom stereocenters. The van der Waals surface area contributed by atoms with Crippen molar-refractivity contribution in [1.82, 2.24) is 0 Å². The van der Waals surface area contributed by atoms with Gasteiger partial charge in [-0.05, 0) is 57.9 Å². The van der Waals surface area contributed by atoms with Gasteiger partial charge in [0.1, 0.15) is 5.82 Å². The molecule has 4 heteroatoms. The molecule has 0 saturated carbocycles. The van der Waals surface area contributed by atoms with E-state index < -0.39 is 11.7 Å². The lowest BCUT2D eigenvalue weighted by Crippen LogP contribution is -2.32. The van der Waals surface area contributed by atoms with Gasteiger partial charge < -0.3 is 9.84 Å². The van der Waals surface area contributed by atoms with Crippen LogP contribution in [0.25, 0.3) is 0 Å². The maximum absolute atomic E-state index is 13.4. The highest BCUT2D eigenvalue weighted by molar-refractivity contribution is 9.10. The van der Waals surface area contributed by atoms with Gasteiger partial charge in [-0.1, -0.05) is 15.9 Å². The van der Waals surface area contributed by atoms with Crippen molar-refractivity contribution in [2.45, 2.75) is 51.4 Å². The van der Waals surface area contributed by atoms with Crippen LogP contribution in [-0.2, 0) is 4.74 Å². The van der Waals surface area contributed by atoms with Crippen molar-refractivity contribution >= 4 is 15.9 Å². The van der Waals surface area contributed by atoms with E-state index in [1.165, 1.54) is 12.1 Å². The fourth-order valence-corrected chi connectivity index (χ4v) is 3.56. The molecule has 0 aromatic heterocycles. The van der Waals surface area contributed by atoms with E-state index in [-0.39, 0.29) is 17.3 Å². The number of hydrogen-bond acceptors (Lipinski definition) is 2. The van der Waals surface area contributed by atoms with Crippen LogP contribution in [0.2, 0.25) is 0 Å². The van der Waals surface area contributed by atoms with Gasteiger partial charge in [0.15, 0.2) is 0 Å². The lowest BCUT2D eigenvalue weighted by molar-refractivity contribution is -0.0880. The summed E-state index contributed by atoms with van der Waals surface area (Å²) in [5.74, 6) is -0.407. The van der Waals surface area contributed by atoms with Crippen molar-refractivity contribution in [3.63, 3.8) is 0 Å². The van der Waals surface area contributed by atoms with Crippen LogP contribution in [0.3, 0.4) is 0 Å². The Morgan fingerprint density at radius 2 is 1.95 bits per heavy atom. The van der Waals surface area contributed by atoms with Gasteiger partial charge in [-0.25, -0.2) is 4.39 Å². The smallest absolute Gasteiger partial charge is 0.124 e. The molecule has 1 aromatic carbocycles. The van der Waals surface area contributed by atoms with Crippen LogP contribution >= 0.6 is 15.9 Å². The molecule has 0 spiro atoms. The largest absolute Gasteiger partial charge is 0.388 e. The standard InChI is InChI=1S/C15H20BrFO2/c1-14(2)8-12(15(3,4)19-14)13(18)9-5-10(16)7-11(17)6-9/h5-7,12-13,18H,8H2,1-4H3. The maximum Gasteiger partial charge on any atom is 0.124 e. The minimum Gasteiger partial charge on any atom is -0.388 e. The molecule has 2 unspecified atom stereocenters. The first-order valence-electron chi connectivity index (χ1n) is 6.45. The Balaban J connectivity index is 2.31. The van der Waals surface area contributed by atoms with Crippen LogP contribution in [0.1, 0.15) is 45.8 Å². The van der Waals surface area contributed by atoms with Gasteiger partial charge in [0.25, 0.3) is 0 Å². The molecular formula is C15H20BrFO2. The summed E-state index contributed by atoms with van der Waals surface area (Å²) in [5.41, 5.74) is -0.104. The fourth-order valence-electron chi connectivity index (χ4n) is 3.07. The van der Waals surface area contributed by atoms with Gasteiger partial charge in [0.2, 0.25) is 0 Å². The molecule has 2 nitrogen and oxygen atoms in total. The number of benzene rings is 1. The zero-order valence-corrected chi connectivity index (χ0v) is 13.3. The lowest BCUT2D eigenvalue weighted by Gasteiger charge is -2.30. The molecule has 1 aliphatic heterocycles. The second-order valence-electron chi connectivity index (χ2n) is 6.42. The number of hydrogen-bond donors (Lipinski definition) is 1. The van der Waals surface area contributed by atoms with Crippen LogP contribution in [0, 0.1) is 11.7 Å². The van der Waals surface area contributed by atoms with E-state index in [1.807, 2.05) is 27.7 Å². The van der Waals surface area contributed by atoms with E-state index >= 15 is 0 Å². The first-order valence-corrected chi connectivity index (χ1v) is 7.24. The molecule has 106 valence electrons. The number of aliphatic hydroxyl groups is 1. The Morgan fingerprint density at radius 3 is 2.42 bits per heavy atom. The number of rotatable bonds is 2. The second-order valence-corrected chi connectivity index (χ2v) is 7.34. The highest BCUT2D eigenvalue weighted by Gasteiger charge is 2.49. The molecule has 0 aliphatic carbocycles. The van der Waals surface area contributed by atoms with Gasteiger partial charge in [0, 0.05) is 10.4 Å². The van der Waals surface area contributed by atoms with Crippen molar-refractivity contribution in [3.05, 3.63) is 34.1 Å². The van der Waals surface area contributed by atoms with Crippen LogP contribution in [0.4, 0.5) is 4.39 Å². The molecular weight excluding hydrogens is 311 g/mol. The molecule has 1 saturated heterocycles. The Bertz CT molecular complexity index is 465. The highest BCUT2D eigenvalue weighted by Crippen LogP contribution is 2.47. The zero-order valence-electron chi connectivity index (χ0n) is 11.7. The first-order chi connectivity index (χ1) is 8.61. The summed E-state index contributed by atoms with van der Waals surface area (Å²) in [6.45, 7) is 7.99. The van der Waals surface area contributed by atoms with Crippen LogP contribution in [0.15, 0.2) is 22.7 Å². The SMILES string of the molecule is CC1(C)CC(C(O)c2cc(F)cc(Br)c2)C(C)(C)O1. The summed E-state index contributed by atoms with van der Waals surface area (Å²) in [5, 5.41) is 10.6. The number of halogens is 2. The summed E-state index contributed by atoms with van der Waals surface area (Å²) in [7, 11) is 0. The van der Waals surface area contributed by atoms with Crippen LogP contribution in [-0.4, -0.2) is 16.3 Å². The Labute approximate surface area is 122 Å². The van der Waals surface area contributed by atoms with Crippen molar-refractivity contribution in [2.24, 2.45) is 5.92 Å². The average Bonchev–Trinajstić information content (AvgIpc) is 2.44. The quantitative estimate of drug-likeness (QED) is 0.879. The van der Waals surface area contributed by atoms with E-state index in [9.17, 15) is 9.50 Å². The molecule has 1 N–H and O–H groups in total. The van der Waals surface area contributed by atoms with Crippen molar-refractivity contribution < 1.29 is 14.2 Å².